The first-order valence-electron chi connectivity index (χ1n) is 12.8. The third-order valence-corrected chi connectivity index (χ3v) is 8.24. The van der Waals surface area contributed by atoms with E-state index in [9.17, 15) is 18.0 Å². The number of hydrogen-bond acceptors (Lipinski definition) is 5. The molecule has 0 fully saturated rings. The summed E-state index contributed by atoms with van der Waals surface area (Å²) < 4.78 is 34.0. The number of carbonyl (C=O) groups excluding carboxylic acids is 2. The lowest BCUT2D eigenvalue weighted by Gasteiger charge is -2.32. The minimum Gasteiger partial charge on any atom is -0.497 e. The highest BCUT2D eigenvalue weighted by atomic mass is 32.2. The van der Waals surface area contributed by atoms with E-state index in [4.69, 9.17) is 4.74 Å². The van der Waals surface area contributed by atoms with Crippen molar-refractivity contribution in [3.05, 3.63) is 89.5 Å². The van der Waals surface area contributed by atoms with E-state index in [-0.39, 0.29) is 23.4 Å². The minimum atomic E-state index is -4.14. The van der Waals surface area contributed by atoms with Gasteiger partial charge in [0.2, 0.25) is 11.8 Å². The van der Waals surface area contributed by atoms with Crippen molar-refractivity contribution in [1.82, 2.24) is 10.2 Å². The fraction of sp³-hybridized carbons (Fsp3) is 0.333. The van der Waals surface area contributed by atoms with Gasteiger partial charge < -0.3 is 15.0 Å². The van der Waals surface area contributed by atoms with Crippen LogP contribution in [-0.4, -0.2) is 50.9 Å². The maximum absolute atomic E-state index is 13.9. The molecule has 0 aliphatic rings. The number of nitrogens with one attached hydrogen (secondary N) is 1. The molecule has 1 atom stereocenters. The van der Waals surface area contributed by atoms with Gasteiger partial charge in [0.25, 0.3) is 10.0 Å². The van der Waals surface area contributed by atoms with Crippen LogP contribution >= 0.6 is 0 Å². The molecule has 0 aliphatic carbocycles. The number of benzene rings is 3. The van der Waals surface area contributed by atoms with E-state index in [0.717, 1.165) is 21.0 Å². The molecule has 39 heavy (non-hydrogen) atoms. The van der Waals surface area contributed by atoms with Crippen LogP contribution in [0.15, 0.2) is 77.7 Å². The van der Waals surface area contributed by atoms with E-state index >= 15 is 0 Å². The Morgan fingerprint density at radius 3 is 2.08 bits per heavy atom. The van der Waals surface area contributed by atoms with Gasteiger partial charge >= 0.3 is 0 Å². The van der Waals surface area contributed by atoms with Crippen LogP contribution in [0.4, 0.5) is 5.69 Å². The molecule has 2 amide bonds. The summed E-state index contributed by atoms with van der Waals surface area (Å²) in [5, 5.41) is 2.86. The topological polar surface area (TPSA) is 96.0 Å². The second-order valence-corrected chi connectivity index (χ2v) is 11.7. The Kier molecular flexibility index (Phi) is 9.75. The number of hydrogen-bond donors (Lipinski definition) is 1. The molecule has 0 aromatic heterocycles. The molecule has 0 radical (unpaired) electrons. The van der Waals surface area contributed by atoms with Crippen molar-refractivity contribution in [3.63, 3.8) is 0 Å². The van der Waals surface area contributed by atoms with E-state index in [1.807, 2.05) is 52.0 Å². The number of anilines is 1. The van der Waals surface area contributed by atoms with Gasteiger partial charge in [-0.15, -0.1) is 0 Å². The van der Waals surface area contributed by atoms with Crippen LogP contribution in [0.1, 0.15) is 37.5 Å². The van der Waals surface area contributed by atoms with Gasteiger partial charge in [-0.25, -0.2) is 8.42 Å². The van der Waals surface area contributed by atoms with Crippen molar-refractivity contribution in [2.24, 2.45) is 0 Å². The molecule has 3 aromatic carbocycles. The summed E-state index contributed by atoms with van der Waals surface area (Å²) in [6.45, 7) is 8.85. The monoisotopic (exact) mass is 551 g/mol. The second kappa shape index (κ2) is 12.8. The molecule has 0 bridgehead atoms. The smallest absolute Gasteiger partial charge is 0.264 e. The van der Waals surface area contributed by atoms with Crippen molar-refractivity contribution in [2.75, 3.05) is 18.0 Å². The third kappa shape index (κ3) is 7.38. The molecular formula is C30H37N3O5S. The Morgan fingerprint density at radius 1 is 0.897 bits per heavy atom. The van der Waals surface area contributed by atoms with E-state index in [1.165, 1.54) is 24.1 Å². The fourth-order valence-corrected chi connectivity index (χ4v) is 5.49. The Hall–Kier alpha value is -3.85. The summed E-state index contributed by atoms with van der Waals surface area (Å²) in [7, 11) is -2.64. The van der Waals surface area contributed by atoms with Crippen molar-refractivity contribution in [2.45, 2.75) is 58.1 Å². The van der Waals surface area contributed by atoms with Crippen LogP contribution in [-0.2, 0) is 26.2 Å². The first-order chi connectivity index (χ1) is 18.4. The standard InChI is InChI=1S/C30H37N3O5S/c1-21(2)31-30(35)24(5)32(19-25-10-8-7-9-23(25)4)29(34)20-33(26-13-11-22(3)12-14-26)39(36,37)28-17-15-27(38-6)16-18-28/h7-18,21,24H,19-20H2,1-6H3,(H,31,35). The van der Waals surface area contributed by atoms with E-state index in [0.29, 0.717) is 11.4 Å². The largest absolute Gasteiger partial charge is 0.497 e. The third-order valence-electron chi connectivity index (χ3n) is 6.45. The lowest BCUT2D eigenvalue weighted by atomic mass is 10.1. The van der Waals surface area contributed by atoms with E-state index in [2.05, 4.69) is 5.32 Å². The molecule has 3 rings (SSSR count). The summed E-state index contributed by atoms with van der Waals surface area (Å²) >= 11 is 0. The average molecular weight is 552 g/mol. The van der Waals surface area contributed by atoms with Gasteiger partial charge in [-0.05, 0) is 82.1 Å². The SMILES string of the molecule is COc1ccc(S(=O)(=O)N(CC(=O)N(Cc2ccccc2C)C(C)C(=O)NC(C)C)c2ccc(C)cc2)cc1. The predicted octanol–water partition coefficient (Wildman–Crippen LogP) is 4.45. The van der Waals surface area contributed by atoms with Crippen molar-refractivity contribution in [3.8, 4) is 5.75 Å². The number of amides is 2. The summed E-state index contributed by atoms with van der Waals surface area (Å²) in [5.74, 6) is -0.296. The molecule has 0 heterocycles. The molecule has 1 N–H and O–H groups in total. The molecule has 0 aliphatic heterocycles. The molecule has 0 saturated heterocycles. The Morgan fingerprint density at radius 2 is 1.51 bits per heavy atom. The zero-order chi connectivity index (χ0) is 28.7. The lowest BCUT2D eigenvalue weighted by Crippen LogP contribution is -2.52. The van der Waals surface area contributed by atoms with Gasteiger partial charge in [0.05, 0.1) is 17.7 Å². The highest BCUT2D eigenvalue weighted by molar-refractivity contribution is 7.92. The van der Waals surface area contributed by atoms with Gasteiger partial charge in [-0.2, -0.15) is 0 Å². The molecule has 0 spiro atoms. The maximum atomic E-state index is 13.9. The van der Waals surface area contributed by atoms with E-state index in [1.54, 1.807) is 43.3 Å². The quantitative estimate of drug-likeness (QED) is 0.380. The number of aryl methyl sites for hydroxylation is 2. The van der Waals surface area contributed by atoms with Gasteiger partial charge in [-0.3, -0.25) is 13.9 Å². The number of ether oxygens (including phenoxy) is 1. The summed E-state index contributed by atoms with van der Waals surface area (Å²) in [6, 6.07) is 19.6. The molecule has 3 aromatic rings. The zero-order valence-electron chi connectivity index (χ0n) is 23.3. The van der Waals surface area contributed by atoms with Crippen molar-refractivity contribution >= 4 is 27.5 Å². The maximum Gasteiger partial charge on any atom is 0.264 e. The number of methoxy groups -OCH3 is 1. The van der Waals surface area contributed by atoms with Crippen LogP contribution < -0.4 is 14.4 Å². The Bertz CT molecular complexity index is 1390. The highest BCUT2D eigenvalue weighted by Gasteiger charge is 2.32. The van der Waals surface area contributed by atoms with Crippen LogP contribution in [0.2, 0.25) is 0 Å². The molecule has 9 heteroatoms. The Balaban J connectivity index is 2.04. The molecule has 208 valence electrons. The van der Waals surface area contributed by atoms with Gasteiger partial charge in [0.1, 0.15) is 18.3 Å². The lowest BCUT2D eigenvalue weighted by molar-refractivity contribution is -0.139. The normalized spacial score (nSPS) is 12.1. The first kappa shape index (κ1) is 29.7. The van der Waals surface area contributed by atoms with Gasteiger partial charge in [-0.1, -0.05) is 42.0 Å². The van der Waals surface area contributed by atoms with Gasteiger partial charge in [0, 0.05) is 12.6 Å². The summed E-state index contributed by atoms with van der Waals surface area (Å²) in [5.41, 5.74) is 3.13. The average Bonchev–Trinajstić information content (AvgIpc) is 2.91. The molecule has 1 unspecified atom stereocenters. The minimum absolute atomic E-state index is 0.0210. The summed E-state index contributed by atoms with van der Waals surface area (Å²) in [6.07, 6.45) is 0. The highest BCUT2D eigenvalue weighted by Crippen LogP contribution is 2.26. The molecule has 8 nitrogen and oxygen atoms in total. The van der Waals surface area contributed by atoms with Crippen molar-refractivity contribution < 1.29 is 22.7 Å². The summed E-state index contributed by atoms with van der Waals surface area (Å²) in [4.78, 5) is 28.4. The number of carbonyl (C=O) groups is 2. The predicted molar refractivity (Wildman–Crippen MR) is 153 cm³/mol. The van der Waals surface area contributed by atoms with Crippen LogP contribution in [0.5, 0.6) is 5.75 Å². The second-order valence-electron chi connectivity index (χ2n) is 9.81. The van der Waals surface area contributed by atoms with E-state index < -0.39 is 28.5 Å². The number of sulfonamides is 1. The van der Waals surface area contributed by atoms with Crippen LogP contribution in [0, 0.1) is 13.8 Å². The Labute approximate surface area is 231 Å². The van der Waals surface area contributed by atoms with Crippen LogP contribution in [0.25, 0.3) is 0 Å². The number of rotatable bonds is 11. The van der Waals surface area contributed by atoms with Crippen LogP contribution in [0.3, 0.4) is 0 Å². The molecule has 0 saturated carbocycles. The fourth-order valence-electron chi connectivity index (χ4n) is 4.07. The van der Waals surface area contributed by atoms with Gasteiger partial charge in [0.15, 0.2) is 0 Å². The zero-order valence-corrected chi connectivity index (χ0v) is 24.2. The number of nitrogens with zero attached hydrogens (tertiary/aromatic N) is 2. The molecular weight excluding hydrogens is 514 g/mol. The first-order valence-corrected chi connectivity index (χ1v) is 14.3. The van der Waals surface area contributed by atoms with Crippen molar-refractivity contribution in [1.29, 1.82) is 0 Å².